The molecule has 2 heterocycles. The zero-order valence-electron chi connectivity index (χ0n) is 15.5. The number of Topliss-reactive ketones (excluding diaryl/α,β-unsaturated/α-hetero) is 1. The SMILES string of the molecule is CC(=O)c1ccc(C#N)cc1N1CCC(C(=O)N2CCCCCC2)CC1. The van der Waals surface area contributed by atoms with Crippen molar-refractivity contribution >= 4 is 17.4 Å². The second-order valence-corrected chi connectivity index (χ2v) is 7.40. The summed E-state index contributed by atoms with van der Waals surface area (Å²) >= 11 is 0. The van der Waals surface area contributed by atoms with Crippen molar-refractivity contribution in [2.45, 2.75) is 45.4 Å². The van der Waals surface area contributed by atoms with Gasteiger partial charge in [0.15, 0.2) is 5.78 Å². The van der Waals surface area contributed by atoms with Gasteiger partial charge in [-0.1, -0.05) is 12.8 Å². The number of piperidine rings is 1. The molecule has 0 bridgehead atoms. The van der Waals surface area contributed by atoms with E-state index in [1.54, 1.807) is 25.1 Å². The summed E-state index contributed by atoms with van der Waals surface area (Å²) in [5.74, 6) is 0.403. The van der Waals surface area contributed by atoms with Crippen molar-refractivity contribution in [2.24, 2.45) is 5.92 Å². The third kappa shape index (κ3) is 4.07. The first-order chi connectivity index (χ1) is 12.6. The molecule has 1 aromatic carbocycles. The summed E-state index contributed by atoms with van der Waals surface area (Å²) in [4.78, 5) is 29.0. The maximum atomic E-state index is 12.8. The minimum absolute atomic E-state index is 0.00672. The van der Waals surface area contributed by atoms with Crippen LogP contribution in [0.4, 0.5) is 5.69 Å². The molecule has 0 N–H and O–H groups in total. The van der Waals surface area contributed by atoms with Gasteiger partial charge in [-0.25, -0.2) is 0 Å². The highest BCUT2D eigenvalue weighted by molar-refractivity contribution is 6.00. The fourth-order valence-corrected chi connectivity index (χ4v) is 4.08. The first kappa shape index (κ1) is 18.4. The molecular weight excluding hydrogens is 326 g/mol. The van der Waals surface area contributed by atoms with Crippen molar-refractivity contribution in [1.82, 2.24) is 4.90 Å². The lowest BCUT2D eigenvalue weighted by molar-refractivity contribution is -0.136. The number of hydrogen-bond acceptors (Lipinski definition) is 4. The van der Waals surface area contributed by atoms with Crippen LogP contribution in [0.1, 0.15) is 61.4 Å². The number of ketones is 1. The average molecular weight is 353 g/mol. The van der Waals surface area contributed by atoms with E-state index in [4.69, 9.17) is 5.26 Å². The Labute approximate surface area is 155 Å². The van der Waals surface area contributed by atoms with E-state index in [1.165, 1.54) is 12.8 Å². The van der Waals surface area contributed by atoms with E-state index in [0.717, 1.165) is 57.5 Å². The molecule has 0 atom stereocenters. The van der Waals surface area contributed by atoms with Crippen LogP contribution in [0.25, 0.3) is 0 Å². The highest BCUT2D eigenvalue weighted by atomic mass is 16.2. The molecule has 2 aliphatic heterocycles. The fourth-order valence-electron chi connectivity index (χ4n) is 4.08. The largest absolute Gasteiger partial charge is 0.371 e. The fraction of sp³-hybridized carbons (Fsp3) is 0.571. The van der Waals surface area contributed by atoms with E-state index in [9.17, 15) is 9.59 Å². The summed E-state index contributed by atoms with van der Waals surface area (Å²) in [6.45, 7) is 4.86. The summed E-state index contributed by atoms with van der Waals surface area (Å²) < 4.78 is 0. The van der Waals surface area contributed by atoms with E-state index in [2.05, 4.69) is 15.9 Å². The Morgan fingerprint density at radius 2 is 1.69 bits per heavy atom. The van der Waals surface area contributed by atoms with E-state index >= 15 is 0 Å². The van der Waals surface area contributed by atoms with Crippen LogP contribution in [0, 0.1) is 17.2 Å². The summed E-state index contributed by atoms with van der Waals surface area (Å²) in [6, 6.07) is 7.38. The number of carbonyl (C=O) groups excluding carboxylic acids is 2. The highest BCUT2D eigenvalue weighted by Crippen LogP contribution is 2.29. The number of amides is 1. The maximum absolute atomic E-state index is 12.8. The first-order valence-corrected chi connectivity index (χ1v) is 9.69. The summed E-state index contributed by atoms with van der Waals surface area (Å²) in [5.41, 5.74) is 2.05. The van der Waals surface area contributed by atoms with Gasteiger partial charge in [0.2, 0.25) is 5.91 Å². The van der Waals surface area contributed by atoms with Crippen molar-refractivity contribution < 1.29 is 9.59 Å². The smallest absolute Gasteiger partial charge is 0.225 e. The number of carbonyl (C=O) groups is 2. The lowest BCUT2D eigenvalue weighted by Crippen LogP contribution is -2.43. The number of rotatable bonds is 3. The molecule has 26 heavy (non-hydrogen) atoms. The van der Waals surface area contributed by atoms with Crippen molar-refractivity contribution in [1.29, 1.82) is 5.26 Å². The molecule has 3 rings (SSSR count). The lowest BCUT2D eigenvalue weighted by Gasteiger charge is -2.36. The molecule has 1 aromatic rings. The molecule has 5 heteroatoms. The second kappa shape index (κ2) is 8.35. The molecule has 138 valence electrons. The van der Waals surface area contributed by atoms with Gasteiger partial charge in [-0.2, -0.15) is 5.26 Å². The van der Waals surface area contributed by atoms with Crippen LogP contribution in [0.5, 0.6) is 0 Å². The number of anilines is 1. The van der Waals surface area contributed by atoms with E-state index in [-0.39, 0.29) is 11.7 Å². The number of likely N-dealkylation sites (tertiary alicyclic amines) is 1. The van der Waals surface area contributed by atoms with Gasteiger partial charge in [-0.15, -0.1) is 0 Å². The zero-order chi connectivity index (χ0) is 18.5. The summed E-state index contributed by atoms with van der Waals surface area (Å²) in [5, 5.41) is 9.17. The van der Waals surface area contributed by atoms with Gasteiger partial charge in [-0.3, -0.25) is 9.59 Å². The van der Waals surface area contributed by atoms with Crippen LogP contribution in [0.2, 0.25) is 0 Å². The Hall–Kier alpha value is -2.35. The molecule has 0 aliphatic carbocycles. The van der Waals surface area contributed by atoms with Crippen molar-refractivity contribution in [3.63, 3.8) is 0 Å². The van der Waals surface area contributed by atoms with Gasteiger partial charge in [-0.05, 0) is 50.8 Å². The molecule has 1 amide bonds. The predicted molar refractivity (Wildman–Crippen MR) is 101 cm³/mol. The Balaban J connectivity index is 1.68. The number of hydrogen-bond donors (Lipinski definition) is 0. The van der Waals surface area contributed by atoms with Gasteiger partial charge in [0.25, 0.3) is 0 Å². The van der Waals surface area contributed by atoms with Crippen LogP contribution >= 0.6 is 0 Å². The molecule has 2 aliphatic rings. The summed E-state index contributed by atoms with van der Waals surface area (Å²) in [7, 11) is 0. The molecule has 2 saturated heterocycles. The number of benzene rings is 1. The summed E-state index contributed by atoms with van der Waals surface area (Å²) in [6.07, 6.45) is 6.31. The molecule has 0 saturated carbocycles. The third-order valence-electron chi connectivity index (χ3n) is 5.61. The quantitative estimate of drug-likeness (QED) is 0.782. The topological polar surface area (TPSA) is 64.4 Å². The number of nitriles is 1. The Bertz CT molecular complexity index is 706. The van der Waals surface area contributed by atoms with Gasteiger partial charge < -0.3 is 9.80 Å². The van der Waals surface area contributed by atoms with Crippen molar-refractivity contribution in [3.05, 3.63) is 29.3 Å². The van der Waals surface area contributed by atoms with Crippen LogP contribution in [0.15, 0.2) is 18.2 Å². The Morgan fingerprint density at radius 1 is 1.04 bits per heavy atom. The second-order valence-electron chi connectivity index (χ2n) is 7.40. The van der Waals surface area contributed by atoms with E-state index in [1.807, 2.05) is 0 Å². The molecule has 2 fully saturated rings. The van der Waals surface area contributed by atoms with Crippen LogP contribution in [0.3, 0.4) is 0 Å². The molecule has 0 unspecified atom stereocenters. The van der Waals surface area contributed by atoms with Gasteiger partial charge in [0.1, 0.15) is 0 Å². The van der Waals surface area contributed by atoms with Crippen LogP contribution in [-0.2, 0) is 4.79 Å². The molecule has 0 aromatic heterocycles. The maximum Gasteiger partial charge on any atom is 0.225 e. The van der Waals surface area contributed by atoms with Gasteiger partial charge in [0.05, 0.1) is 11.6 Å². The Kier molecular flexibility index (Phi) is 5.92. The Morgan fingerprint density at radius 3 is 2.27 bits per heavy atom. The van der Waals surface area contributed by atoms with Gasteiger partial charge in [0, 0.05) is 43.3 Å². The zero-order valence-corrected chi connectivity index (χ0v) is 15.5. The standard InChI is InChI=1S/C21H27N3O2/c1-16(25)19-7-6-17(15-22)14-20(19)23-12-8-18(9-13-23)21(26)24-10-4-2-3-5-11-24/h6-7,14,18H,2-5,8-13H2,1H3. The minimum Gasteiger partial charge on any atom is -0.371 e. The third-order valence-corrected chi connectivity index (χ3v) is 5.61. The highest BCUT2D eigenvalue weighted by Gasteiger charge is 2.29. The monoisotopic (exact) mass is 353 g/mol. The molecular formula is C21H27N3O2. The van der Waals surface area contributed by atoms with E-state index < -0.39 is 0 Å². The normalized spacial score (nSPS) is 18.9. The van der Waals surface area contributed by atoms with Crippen LogP contribution < -0.4 is 4.90 Å². The van der Waals surface area contributed by atoms with Gasteiger partial charge >= 0.3 is 0 Å². The van der Waals surface area contributed by atoms with E-state index in [0.29, 0.717) is 17.0 Å². The van der Waals surface area contributed by atoms with Crippen molar-refractivity contribution in [2.75, 3.05) is 31.1 Å². The number of nitrogens with zero attached hydrogens (tertiary/aromatic N) is 3. The van der Waals surface area contributed by atoms with Crippen molar-refractivity contribution in [3.8, 4) is 6.07 Å². The molecule has 0 radical (unpaired) electrons. The molecule has 5 nitrogen and oxygen atoms in total. The predicted octanol–water partition coefficient (Wildman–Crippen LogP) is 3.38. The average Bonchev–Trinajstić information content (AvgIpc) is 2.96. The molecule has 0 spiro atoms. The first-order valence-electron chi connectivity index (χ1n) is 9.69. The van der Waals surface area contributed by atoms with Crippen LogP contribution in [-0.4, -0.2) is 42.8 Å². The lowest BCUT2D eigenvalue weighted by atomic mass is 9.93. The minimum atomic E-state index is 0.00672.